The van der Waals surface area contributed by atoms with Gasteiger partial charge in [0.05, 0.1) is 11.5 Å². The normalized spacial score (nSPS) is 15.7. The van der Waals surface area contributed by atoms with E-state index in [0.29, 0.717) is 15.9 Å². The van der Waals surface area contributed by atoms with E-state index in [1.165, 1.54) is 11.8 Å². The second-order valence-electron chi connectivity index (χ2n) is 6.59. The van der Waals surface area contributed by atoms with Crippen LogP contribution in [0, 0.1) is 6.92 Å². The first-order valence-electron chi connectivity index (χ1n) is 9.03. The van der Waals surface area contributed by atoms with Gasteiger partial charge in [-0.2, -0.15) is 0 Å². The van der Waals surface area contributed by atoms with Gasteiger partial charge in [0.15, 0.2) is 5.16 Å². The van der Waals surface area contributed by atoms with E-state index in [0.717, 1.165) is 24.2 Å². The number of rotatable bonds is 6. The lowest BCUT2D eigenvalue weighted by Gasteiger charge is -2.23. The molecule has 2 amide bonds. The summed E-state index contributed by atoms with van der Waals surface area (Å²) in [5.74, 6) is -0.752. The molecule has 2 aromatic rings. The maximum atomic E-state index is 12.9. The van der Waals surface area contributed by atoms with E-state index in [-0.39, 0.29) is 23.7 Å². The van der Waals surface area contributed by atoms with Crippen molar-refractivity contribution in [2.24, 2.45) is 0 Å². The maximum absolute atomic E-state index is 12.9. The van der Waals surface area contributed by atoms with Gasteiger partial charge in [-0.1, -0.05) is 42.8 Å². The van der Waals surface area contributed by atoms with Gasteiger partial charge in [-0.15, -0.1) is 0 Å². The van der Waals surface area contributed by atoms with E-state index in [2.05, 4.69) is 27.5 Å². The van der Waals surface area contributed by atoms with Gasteiger partial charge < -0.3 is 15.6 Å². The fourth-order valence-electron chi connectivity index (χ4n) is 2.90. The average Bonchev–Trinajstić information content (AvgIpc) is 2.64. The van der Waals surface area contributed by atoms with Crippen LogP contribution in [0.25, 0.3) is 0 Å². The van der Waals surface area contributed by atoms with E-state index in [1.807, 2.05) is 6.92 Å². The molecule has 1 aromatic heterocycles. The number of H-pyrrole nitrogens is 1. The summed E-state index contributed by atoms with van der Waals surface area (Å²) in [6.07, 6.45) is 1.90. The topological polar surface area (TPSA) is 104 Å². The number of unbranched alkanes of at least 4 members (excludes halogenated alkanes) is 1. The van der Waals surface area contributed by atoms with E-state index in [4.69, 9.17) is 11.6 Å². The van der Waals surface area contributed by atoms with Crippen molar-refractivity contribution in [3.05, 3.63) is 44.7 Å². The Hall–Kier alpha value is -2.32. The molecule has 0 saturated carbocycles. The zero-order valence-electron chi connectivity index (χ0n) is 15.6. The van der Waals surface area contributed by atoms with E-state index >= 15 is 0 Å². The molecule has 1 atom stereocenters. The fraction of sp³-hybridized carbons (Fsp3) is 0.368. The number of aromatic amines is 1. The van der Waals surface area contributed by atoms with Crippen LogP contribution in [0.5, 0.6) is 0 Å². The molecule has 1 unspecified atom stereocenters. The summed E-state index contributed by atoms with van der Waals surface area (Å²) in [5, 5.41) is 6.31. The van der Waals surface area contributed by atoms with Crippen LogP contribution < -0.4 is 16.2 Å². The summed E-state index contributed by atoms with van der Waals surface area (Å²) in [6, 6.07) is 5.14. The number of benzene rings is 1. The minimum atomic E-state index is -0.923. The van der Waals surface area contributed by atoms with E-state index in [9.17, 15) is 14.4 Å². The molecule has 0 radical (unpaired) electrons. The van der Waals surface area contributed by atoms with Crippen molar-refractivity contribution < 1.29 is 9.59 Å². The zero-order chi connectivity index (χ0) is 20.3. The molecular weight excluding hydrogens is 400 g/mol. The molecule has 1 aromatic carbocycles. The molecule has 148 valence electrons. The largest absolute Gasteiger partial charge is 0.325 e. The summed E-state index contributed by atoms with van der Waals surface area (Å²) in [7, 11) is 0. The van der Waals surface area contributed by atoms with E-state index in [1.54, 1.807) is 18.2 Å². The number of anilines is 2. The Labute approximate surface area is 171 Å². The van der Waals surface area contributed by atoms with Crippen molar-refractivity contribution in [3.8, 4) is 0 Å². The first-order chi connectivity index (χ1) is 13.4. The molecule has 0 spiro atoms. The number of aryl methyl sites for hydroxylation is 1. The molecule has 0 fully saturated rings. The van der Waals surface area contributed by atoms with Crippen molar-refractivity contribution in [2.45, 2.75) is 44.2 Å². The number of fused-ring (bicyclic) bond motifs is 1. The van der Waals surface area contributed by atoms with Gasteiger partial charge in [-0.25, -0.2) is 4.98 Å². The molecule has 3 N–H and O–H groups in total. The van der Waals surface area contributed by atoms with Gasteiger partial charge in [0, 0.05) is 22.9 Å². The van der Waals surface area contributed by atoms with Crippen molar-refractivity contribution in [3.63, 3.8) is 0 Å². The Balaban J connectivity index is 1.89. The molecule has 0 bridgehead atoms. The third kappa shape index (κ3) is 4.56. The van der Waals surface area contributed by atoms with Gasteiger partial charge in [0.25, 0.3) is 5.56 Å². The predicted octanol–water partition coefficient (Wildman–Crippen LogP) is 3.69. The third-order valence-corrected chi connectivity index (χ3v) is 5.63. The summed E-state index contributed by atoms with van der Waals surface area (Å²) < 4.78 is 0. The number of halogens is 1. The predicted molar refractivity (Wildman–Crippen MR) is 111 cm³/mol. The minimum absolute atomic E-state index is 0.120. The number of aromatic nitrogens is 2. The van der Waals surface area contributed by atoms with Gasteiger partial charge in [-0.3, -0.25) is 14.4 Å². The lowest BCUT2D eigenvalue weighted by molar-refractivity contribution is -0.123. The molecule has 9 heteroatoms. The first kappa shape index (κ1) is 20.4. The zero-order valence-corrected chi connectivity index (χ0v) is 17.2. The van der Waals surface area contributed by atoms with E-state index < -0.39 is 17.4 Å². The standard InChI is InChI=1S/C19H21ClN4O3S/c1-3-4-7-28-19-23-16-15(18(27)24-19)12(9-14(25)22-16)17(26)21-13-8-11(20)6-5-10(13)2/h5-6,8,12H,3-4,7,9H2,1-2H3,(H,21,26)(H2,22,23,24,25,27). The average molecular weight is 421 g/mol. The quantitative estimate of drug-likeness (QED) is 0.375. The number of thioether (sulfide) groups is 1. The molecule has 1 aliphatic rings. The third-order valence-electron chi connectivity index (χ3n) is 4.44. The van der Waals surface area contributed by atoms with Crippen LogP contribution in [0.15, 0.2) is 28.2 Å². The number of amides is 2. The molecule has 1 aliphatic heterocycles. The van der Waals surface area contributed by atoms with Gasteiger partial charge in [0.2, 0.25) is 11.8 Å². The van der Waals surface area contributed by atoms with Crippen molar-refractivity contribution in [1.29, 1.82) is 0 Å². The molecule has 2 heterocycles. The van der Waals surface area contributed by atoms with Crippen LogP contribution >= 0.6 is 23.4 Å². The SMILES string of the molecule is CCCCSc1nc2c(c(=O)[nH]1)C(C(=O)Nc1cc(Cl)ccc1C)CC(=O)N2. The van der Waals surface area contributed by atoms with Crippen molar-refractivity contribution >= 4 is 46.7 Å². The Bertz CT molecular complexity index is 976. The Morgan fingerprint density at radius 1 is 1.39 bits per heavy atom. The number of hydrogen-bond acceptors (Lipinski definition) is 5. The van der Waals surface area contributed by atoms with Crippen LogP contribution in [-0.4, -0.2) is 27.5 Å². The fourth-order valence-corrected chi connectivity index (χ4v) is 4.02. The van der Waals surface area contributed by atoms with Crippen molar-refractivity contribution in [2.75, 3.05) is 16.4 Å². The summed E-state index contributed by atoms with van der Waals surface area (Å²) >= 11 is 7.42. The second-order valence-corrected chi connectivity index (χ2v) is 8.11. The monoisotopic (exact) mass is 420 g/mol. The van der Waals surface area contributed by atoms with Gasteiger partial charge in [-0.05, 0) is 31.0 Å². The van der Waals surface area contributed by atoms with Crippen molar-refractivity contribution in [1.82, 2.24) is 9.97 Å². The number of hydrogen-bond donors (Lipinski definition) is 3. The van der Waals surface area contributed by atoms with Crippen LogP contribution in [0.2, 0.25) is 5.02 Å². The molecular formula is C19H21ClN4O3S. The molecule has 28 heavy (non-hydrogen) atoms. The second kappa shape index (κ2) is 8.79. The summed E-state index contributed by atoms with van der Waals surface area (Å²) in [6.45, 7) is 3.91. The Morgan fingerprint density at radius 3 is 2.93 bits per heavy atom. The highest BCUT2D eigenvalue weighted by Gasteiger charge is 2.34. The highest BCUT2D eigenvalue weighted by atomic mass is 35.5. The number of carbonyl (C=O) groups is 2. The summed E-state index contributed by atoms with van der Waals surface area (Å²) in [5.41, 5.74) is 1.14. The Kier molecular flexibility index (Phi) is 6.41. The highest BCUT2D eigenvalue weighted by Crippen LogP contribution is 2.31. The van der Waals surface area contributed by atoms with Crippen LogP contribution in [0.1, 0.15) is 43.2 Å². The van der Waals surface area contributed by atoms with Gasteiger partial charge in [0.1, 0.15) is 5.82 Å². The molecule has 0 aliphatic carbocycles. The lowest BCUT2D eigenvalue weighted by Crippen LogP contribution is -2.36. The number of nitrogens with zero attached hydrogens (tertiary/aromatic N) is 1. The molecule has 0 saturated heterocycles. The highest BCUT2D eigenvalue weighted by molar-refractivity contribution is 7.99. The lowest BCUT2D eigenvalue weighted by atomic mass is 9.92. The summed E-state index contributed by atoms with van der Waals surface area (Å²) in [4.78, 5) is 44.7. The molecule has 3 rings (SSSR count). The maximum Gasteiger partial charge on any atom is 0.257 e. The minimum Gasteiger partial charge on any atom is -0.325 e. The number of carbonyl (C=O) groups excluding carboxylic acids is 2. The van der Waals surface area contributed by atoms with Crippen LogP contribution in [0.3, 0.4) is 0 Å². The van der Waals surface area contributed by atoms with Crippen LogP contribution in [-0.2, 0) is 9.59 Å². The Morgan fingerprint density at radius 2 is 2.18 bits per heavy atom. The first-order valence-corrected chi connectivity index (χ1v) is 10.4. The smallest absolute Gasteiger partial charge is 0.257 e. The number of nitrogens with one attached hydrogen (secondary N) is 3. The van der Waals surface area contributed by atoms with Gasteiger partial charge >= 0.3 is 0 Å². The molecule has 7 nitrogen and oxygen atoms in total. The van der Waals surface area contributed by atoms with Crippen LogP contribution in [0.4, 0.5) is 11.5 Å².